The topological polar surface area (TPSA) is 40.5 Å². The average molecular weight is 228 g/mol. The summed E-state index contributed by atoms with van der Waals surface area (Å²) in [7, 11) is 0. The Morgan fingerprint density at radius 3 is 2.29 bits per heavy atom. The van der Waals surface area contributed by atoms with Crippen LogP contribution >= 0.6 is 0 Å². The Balaban J connectivity index is 2.45. The molecule has 0 amide bonds. The largest absolute Gasteiger partial charge is 0.508 e. The first kappa shape index (κ1) is 11.5. The lowest BCUT2D eigenvalue weighted by atomic mass is 9.99. The molecule has 2 nitrogen and oxygen atoms in total. The molecule has 0 unspecified atom stereocenters. The molecule has 0 aromatic heterocycles. The van der Waals surface area contributed by atoms with E-state index in [4.69, 9.17) is 0 Å². The van der Waals surface area contributed by atoms with Gasteiger partial charge in [-0.05, 0) is 29.7 Å². The van der Waals surface area contributed by atoms with E-state index in [-0.39, 0.29) is 5.75 Å². The summed E-state index contributed by atoms with van der Waals surface area (Å²) < 4.78 is 0. The number of aromatic hydroxyl groups is 2. The van der Waals surface area contributed by atoms with Crippen molar-refractivity contribution in [3.63, 3.8) is 0 Å². The number of hydrogen-bond acceptors (Lipinski definition) is 2. The summed E-state index contributed by atoms with van der Waals surface area (Å²) in [6.45, 7) is 2.09. The summed E-state index contributed by atoms with van der Waals surface area (Å²) in [4.78, 5) is 0. The fourth-order valence-electron chi connectivity index (χ4n) is 1.94. The van der Waals surface area contributed by atoms with E-state index in [0.717, 1.165) is 29.5 Å². The fourth-order valence-corrected chi connectivity index (χ4v) is 1.94. The molecule has 0 aliphatic heterocycles. The minimum Gasteiger partial charge on any atom is -0.508 e. The van der Waals surface area contributed by atoms with Gasteiger partial charge in [0.1, 0.15) is 11.5 Å². The first-order valence-electron chi connectivity index (χ1n) is 5.82. The van der Waals surface area contributed by atoms with Gasteiger partial charge in [-0.1, -0.05) is 43.7 Å². The third-order valence-corrected chi connectivity index (χ3v) is 2.82. The average Bonchev–Trinajstić information content (AvgIpc) is 2.34. The van der Waals surface area contributed by atoms with Crippen LogP contribution in [0.25, 0.3) is 11.1 Å². The molecule has 0 saturated carbocycles. The van der Waals surface area contributed by atoms with E-state index in [0.29, 0.717) is 5.75 Å². The molecular weight excluding hydrogens is 212 g/mol. The van der Waals surface area contributed by atoms with Crippen molar-refractivity contribution in [1.82, 2.24) is 0 Å². The lowest BCUT2D eigenvalue weighted by molar-refractivity contribution is 0.469. The summed E-state index contributed by atoms with van der Waals surface area (Å²) in [5.74, 6) is 0.581. The molecule has 88 valence electrons. The second-order valence-corrected chi connectivity index (χ2v) is 4.11. The number of hydrogen-bond donors (Lipinski definition) is 2. The Hall–Kier alpha value is -1.96. The normalized spacial score (nSPS) is 10.4. The summed E-state index contributed by atoms with van der Waals surface area (Å²) in [5, 5.41) is 19.4. The zero-order valence-electron chi connectivity index (χ0n) is 9.85. The molecule has 0 aliphatic carbocycles. The molecular formula is C15H16O2. The van der Waals surface area contributed by atoms with Gasteiger partial charge in [-0.15, -0.1) is 0 Å². The number of phenols is 2. The molecule has 0 heterocycles. The molecule has 17 heavy (non-hydrogen) atoms. The maximum atomic E-state index is 10.2. The summed E-state index contributed by atoms with van der Waals surface area (Å²) in [5.41, 5.74) is 2.70. The Morgan fingerprint density at radius 2 is 1.65 bits per heavy atom. The van der Waals surface area contributed by atoms with Crippen LogP contribution in [0.1, 0.15) is 18.9 Å². The van der Waals surface area contributed by atoms with Gasteiger partial charge in [0.25, 0.3) is 0 Å². The monoisotopic (exact) mass is 228 g/mol. The Kier molecular flexibility index (Phi) is 3.33. The van der Waals surface area contributed by atoms with Gasteiger partial charge in [0.2, 0.25) is 0 Å². The zero-order chi connectivity index (χ0) is 12.3. The lowest BCUT2D eigenvalue weighted by Gasteiger charge is -2.09. The molecule has 2 aromatic rings. The van der Waals surface area contributed by atoms with Crippen molar-refractivity contribution >= 4 is 0 Å². The van der Waals surface area contributed by atoms with E-state index in [9.17, 15) is 10.2 Å². The van der Waals surface area contributed by atoms with Crippen LogP contribution in [-0.2, 0) is 6.42 Å². The van der Waals surface area contributed by atoms with E-state index in [1.807, 2.05) is 18.2 Å². The SMILES string of the molecule is CCCc1cccc(-c2ccc(O)cc2)c1O. The molecule has 0 bridgehead atoms. The summed E-state index contributed by atoms with van der Waals surface area (Å²) >= 11 is 0. The highest BCUT2D eigenvalue weighted by Gasteiger charge is 2.08. The van der Waals surface area contributed by atoms with Crippen LogP contribution in [-0.4, -0.2) is 10.2 Å². The van der Waals surface area contributed by atoms with Crippen LogP contribution < -0.4 is 0 Å². The maximum Gasteiger partial charge on any atom is 0.126 e. The van der Waals surface area contributed by atoms with Gasteiger partial charge < -0.3 is 10.2 Å². The predicted molar refractivity (Wildman–Crippen MR) is 69.2 cm³/mol. The van der Waals surface area contributed by atoms with Crippen LogP contribution in [0.3, 0.4) is 0 Å². The molecule has 0 atom stereocenters. The Bertz CT molecular complexity index is 501. The first-order valence-corrected chi connectivity index (χ1v) is 5.82. The van der Waals surface area contributed by atoms with Crippen molar-refractivity contribution < 1.29 is 10.2 Å². The third-order valence-electron chi connectivity index (χ3n) is 2.82. The minimum atomic E-state index is 0.234. The highest BCUT2D eigenvalue weighted by Crippen LogP contribution is 2.33. The van der Waals surface area contributed by atoms with Gasteiger partial charge in [-0.2, -0.15) is 0 Å². The van der Waals surface area contributed by atoms with E-state index in [2.05, 4.69) is 6.92 Å². The molecule has 0 fully saturated rings. The van der Waals surface area contributed by atoms with Crippen molar-refractivity contribution in [3.8, 4) is 22.6 Å². The molecule has 0 spiro atoms. The highest BCUT2D eigenvalue weighted by atomic mass is 16.3. The number of phenolic OH excluding ortho intramolecular Hbond substituents is 2. The molecule has 0 aliphatic rings. The maximum absolute atomic E-state index is 10.2. The van der Waals surface area contributed by atoms with Crippen LogP contribution in [0.15, 0.2) is 42.5 Å². The van der Waals surface area contributed by atoms with Gasteiger partial charge >= 0.3 is 0 Å². The molecule has 2 heteroatoms. The standard InChI is InChI=1S/C15H16O2/c1-2-4-12-5-3-6-14(15(12)17)11-7-9-13(16)10-8-11/h3,5-10,16-17H,2,4H2,1H3. The van der Waals surface area contributed by atoms with Crippen molar-refractivity contribution in [2.24, 2.45) is 0 Å². The number of para-hydroxylation sites is 1. The smallest absolute Gasteiger partial charge is 0.126 e. The molecule has 0 saturated heterocycles. The van der Waals surface area contributed by atoms with E-state index in [1.165, 1.54) is 0 Å². The van der Waals surface area contributed by atoms with Crippen LogP contribution in [0, 0.1) is 0 Å². The van der Waals surface area contributed by atoms with Crippen molar-refractivity contribution in [1.29, 1.82) is 0 Å². The predicted octanol–water partition coefficient (Wildman–Crippen LogP) is 3.72. The Morgan fingerprint density at radius 1 is 0.941 bits per heavy atom. The molecule has 2 rings (SSSR count). The number of rotatable bonds is 3. The molecule has 2 N–H and O–H groups in total. The van der Waals surface area contributed by atoms with E-state index in [1.54, 1.807) is 24.3 Å². The molecule has 2 aromatic carbocycles. The fraction of sp³-hybridized carbons (Fsp3) is 0.200. The minimum absolute atomic E-state index is 0.234. The van der Waals surface area contributed by atoms with E-state index >= 15 is 0 Å². The number of aryl methyl sites for hydroxylation is 1. The van der Waals surface area contributed by atoms with Gasteiger partial charge in [0.15, 0.2) is 0 Å². The van der Waals surface area contributed by atoms with Crippen molar-refractivity contribution in [2.75, 3.05) is 0 Å². The van der Waals surface area contributed by atoms with Gasteiger partial charge in [0.05, 0.1) is 0 Å². The number of benzene rings is 2. The second kappa shape index (κ2) is 4.91. The van der Waals surface area contributed by atoms with Gasteiger partial charge in [-0.3, -0.25) is 0 Å². The van der Waals surface area contributed by atoms with Gasteiger partial charge in [-0.25, -0.2) is 0 Å². The molecule has 0 radical (unpaired) electrons. The van der Waals surface area contributed by atoms with Gasteiger partial charge in [0, 0.05) is 5.56 Å². The van der Waals surface area contributed by atoms with Crippen molar-refractivity contribution in [3.05, 3.63) is 48.0 Å². The second-order valence-electron chi connectivity index (χ2n) is 4.11. The quantitative estimate of drug-likeness (QED) is 0.840. The van der Waals surface area contributed by atoms with Crippen LogP contribution in [0.2, 0.25) is 0 Å². The zero-order valence-corrected chi connectivity index (χ0v) is 9.85. The Labute approximate surface area is 101 Å². The lowest BCUT2D eigenvalue weighted by Crippen LogP contribution is -1.87. The van der Waals surface area contributed by atoms with Crippen LogP contribution in [0.4, 0.5) is 0 Å². The van der Waals surface area contributed by atoms with Crippen molar-refractivity contribution in [2.45, 2.75) is 19.8 Å². The van der Waals surface area contributed by atoms with E-state index < -0.39 is 0 Å². The highest BCUT2D eigenvalue weighted by molar-refractivity contribution is 5.72. The third kappa shape index (κ3) is 2.41. The summed E-state index contributed by atoms with van der Waals surface area (Å²) in [6, 6.07) is 12.7. The van der Waals surface area contributed by atoms with Crippen LogP contribution in [0.5, 0.6) is 11.5 Å². The first-order chi connectivity index (χ1) is 8.22. The summed E-state index contributed by atoms with van der Waals surface area (Å²) in [6.07, 6.45) is 1.88.